The predicted octanol–water partition coefficient (Wildman–Crippen LogP) is 0.776. The second-order valence-electron chi connectivity index (χ2n) is 5.50. The molecule has 0 atom stereocenters. The number of nitrogens with one attached hydrogen (secondary N) is 3. The number of anilines is 1. The molecule has 114 valence electrons. The summed E-state index contributed by atoms with van der Waals surface area (Å²) in [6.45, 7) is 6.33. The first kappa shape index (κ1) is 15.3. The summed E-state index contributed by atoms with van der Waals surface area (Å²) in [4.78, 5) is 0. The van der Waals surface area contributed by atoms with Gasteiger partial charge in [-0.3, -0.25) is 9.82 Å². The number of aromatic amines is 1. The van der Waals surface area contributed by atoms with Gasteiger partial charge >= 0.3 is 10.2 Å². The monoisotopic (exact) mass is 301 g/mol. The highest BCUT2D eigenvalue weighted by Crippen LogP contribution is 2.20. The van der Waals surface area contributed by atoms with Crippen molar-refractivity contribution in [2.45, 2.75) is 32.7 Å². The van der Waals surface area contributed by atoms with E-state index in [1.54, 1.807) is 0 Å². The predicted molar refractivity (Wildman–Crippen MR) is 78.6 cm³/mol. The Balaban J connectivity index is 1.83. The number of hydrogen-bond donors (Lipinski definition) is 3. The third kappa shape index (κ3) is 4.19. The smallest absolute Gasteiger partial charge is 0.301 e. The molecule has 3 N–H and O–H groups in total. The highest BCUT2D eigenvalue weighted by atomic mass is 32.2. The van der Waals surface area contributed by atoms with Crippen molar-refractivity contribution in [3.8, 4) is 0 Å². The first-order valence-corrected chi connectivity index (χ1v) is 8.41. The molecule has 0 aromatic carbocycles. The summed E-state index contributed by atoms with van der Waals surface area (Å²) in [6.07, 6.45) is 4.77. The zero-order valence-electron chi connectivity index (χ0n) is 12.0. The number of rotatable bonds is 6. The largest absolute Gasteiger partial charge is 0.314 e. The van der Waals surface area contributed by atoms with Crippen molar-refractivity contribution < 1.29 is 8.42 Å². The van der Waals surface area contributed by atoms with Gasteiger partial charge in [-0.1, -0.05) is 13.8 Å². The third-order valence-electron chi connectivity index (χ3n) is 3.47. The van der Waals surface area contributed by atoms with E-state index in [0.29, 0.717) is 30.7 Å². The molecule has 0 saturated carbocycles. The Morgan fingerprint density at radius 2 is 2.15 bits per heavy atom. The highest BCUT2D eigenvalue weighted by molar-refractivity contribution is 7.90. The quantitative estimate of drug-likeness (QED) is 0.724. The van der Waals surface area contributed by atoms with Gasteiger partial charge in [0.05, 0.1) is 11.9 Å². The lowest BCUT2D eigenvalue weighted by atomic mass is 9.98. The number of piperidine rings is 1. The van der Waals surface area contributed by atoms with Crippen molar-refractivity contribution >= 4 is 15.9 Å². The van der Waals surface area contributed by atoms with Gasteiger partial charge in [0.1, 0.15) is 0 Å². The minimum Gasteiger partial charge on any atom is -0.314 e. The van der Waals surface area contributed by atoms with Crippen molar-refractivity contribution in [2.75, 3.05) is 24.4 Å². The maximum Gasteiger partial charge on any atom is 0.301 e. The fraction of sp³-hybridized carbons (Fsp3) is 0.750. The lowest BCUT2D eigenvalue weighted by Gasteiger charge is -2.31. The Hall–Kier alpha value is -1.12. The molecule has 8 heteroatoms. The van der Waals surface area contributed by atoms with Gasteiger partial charge in [0, 0.05) is 25.3 Å². The van der Waals surface area contributed by atoms with Gasteiger partial charge in [-0.05, 0) is 25.3 Å². The molecule has 0 radical (unpaired) electrons. The SMILES string of the molecule is CC(C)NCC1CCN(S(=O)(=O)Nc2cn[nH]c2)CC1. The molecule has 0 amide bonds. The maximum atomic E-state index is 12.2. The molecule has 1 fully saturated rings. The number of aromatic nitrogens is 2. The van der Waals surface area contributed by atoms with E-state index in [4.69, 9.17) is 0 Å². The average Bonchev–Trinajstić information content (AvgIpc) is 2.89. The zero-order valence-corrected chi connectivity index (χ0v) is 12.8. The Bertz CT molecular complexity index is 492. The van der Waals surface area contributed by atoms with Crippen LogP contribution in [-0.4, -0.2) is 48.6 Å². The summed E-state index contributed by atoms with van der Waals surface area (Å²) in [5.41, 5.74) is 0.466. The van der Waals surface area contributed by atoms with E-state index in [-0.39, 0.29) is 0 Å². The van der Waals surface area contributed by atoms with E-state index in [1.807, 2.05) is 0 Å². The fourth-order valence-electron chi connectivity index (χ4n) is 2.28. The molecule has 0 aliphatic carbocycles. The van der Waals surface area contributed by atoms with Crippen molar-refractivity contribution in [1.82, 2.24) is 19.8 Å². The topological polar surface area (TPSA) is 90.1 Å². The van der Waals surface area contributed by atoms with Gasteiger partial charge in [-0.2, -0.15) is 17.8 Å². The van der Waals surface area contributed by atoms with Crippen molar-refractivity contribution in [1.29, 1.82) is 0 Å². The maximum absolute atomic E-state index is 12.2. The van der Waals surface area contributed by atoms with Crippen LogP contribution in [0.25, 0.3) is 0 Å². The summed E-state index contributed by atoms with van der Waals surface area (Å²) < 4.78 is 28.4. The summed E-state index contributed by atoms with van der Waals surface area (Å²) in [5.74, 6) is 0.553. The summed E-state index contributed by atoms with van der Waals surface area (Å²) in [7, 11) is -3.46. The first-order chi connectivity index (χ1) is 9.47. The number of hydrogen-bond acceptors (Lipinski definition) is 4. The van der Waals surface area contributed by atoms with E-state index in [1.165, 1.54) is 16.7 Å². The Morgan fingerprint density at radius 3 is 2.70 bits per heavy atom. The van der Waals surface area contributed by atoms with Crippen LogP contribution in [-0.2, 0) is 10.2 Å². The van der Waals surface area contributed by atoms with E-state index >= 15 is 0 Å². The third-order valence-corrected chi connectivity index (χ3v) is 5.01. The molecule has 2 heterocycles. The minimum absolute atomic E-state index is 0.466. The molecule has 2 rings (SSSR count). The fourth-order valence-corrected chi connectivity index (χ4v) is 3.51. The van der Waals surface area contributed by atoms with Gasteiger partial charge in [-0.15, -0.1) is 0 Å². The minimum atomic E-state index is -3.46. The van der Waals surface area contributed by atoms with Gasteiger partial charge in [0.25, 0.3) is 0 Å². The number of H-pyrrole nitrogens is 1. The second kappa shape index (κ2) is 6.55. The van der Waals surface area contributed by atoms with E-state index in [9.17, 15) is 8.42 Å². The van der Waals surface area contributed by atoms with Crippen molar-refractivity contribution in [2.24, 2.45) is 5.92 Å². The molecule has 1 aromatic heterocycles. The van der Waals surface area contributed by atoms with Gasteiger partial charge < -0.3 is 5.32 Å². The lowest BCUT2D eigenvalue weighted by Crippen LogP contribution is -2.43. The van der Waals surface area contributed by atoms with Crippen LogP contribution in [0.5, 0.6) is 0 Å². The molecule has 7 nitrogen and oxygen atoms in total. The van der Waals surface area contributed by atoms with E-state index in [2.05, 4.69) is 34.1 Å². The van der Waals surface area contributed by atoms with Crippen LogP contribution in [0.1, 0.15) is 26.7 Å². The van der Waals surface area contributed by atoms with E-state index in [0.717, 1.165) is 19.4 Å². The highest BCUT2D eigenvalue weighted by Gasteiger charge is 2.28. The molecular formula is C12H23N5O2S. The van der Waals surface area contributed by atoms with Crippen LogP contribution < -0.4 is 10.0 Å². The van der Waals surface area contributed by atoms with Gasteiger partial charge in [-0.25, -0.2) is 0 Å². The van der Waals surface area contributed by atoms with Crippen LogP contribution in [0.15, 0.2) is 12.4 Å². The zero-order chi connectivity index (χ0) is 14.6. The van der Waals surface area contributed by atoms with E-state index < -0.39 is 10.2 Å². The van der Waals surface area contributed by atoms with Crippen LogP contribution in [0.3, 0.4) is 0 Å². The van der Waals surface area contributed by atoms with Gasteiger partial charge in [0.2, 0.25) is 0 Å². The van der Waals surface area contributed by atoms with Crippen LogP contribution in [0.4, 0.5) is 5.69 Å². The summed E-state index contributed by atoms with van der Waals surface area (Å²) in [6, 6.07) is 0.472. The van der Waals surface area contributed by atoms with Crippen LogP contribution in [0, 0.1) is 5.92 Å². The Kier molecular flexibility index (Phi) is 5.00. The molecular weight excluding hydrogens is 278 g/mol. The molecule has 0 bridgehead atoms. The lowest BCUT2D eigenvalue weighted by molar-refractivity contribution is 0.265. The molecule has 0 unspecified atom stereocenters. The second-order valence-corrected chi connectivity index (χ2v) is 7.17. The van der Waals surface area contributed by atoms with Crippen molar-refractivity contribution in [3.63, 3.8) is 0 Å². The summed E-state index contributed by atoms with van der Waals surface area (Å²) in [5, 5.41) is 9.72. The first-order valence-electron chi connectivity index (χ1n) is 6.97. The molecule has 0 spiro atoms. The number of nitrogens with zero attached hydrogens (tertiary/aromatic N) is 2. The Morgan fingerprint density at radius 1 is 1.45 bits per heavy atom. The standard InChI is InChI=1S/C12H23N5O2S/c1-10(2)13-7-11-3-5-17(6-4-11)20(18,19)16-12-8-14-15-9-12/h8-11,13,16H,3-7H2,1-2H3,(H,14,15). The molecule has 1 aromatic rings. The Labute approximate surface area is 120 Å². The molecule has 1 aliphatic rings. The molecule has 20 heavy (non-hydrogen) atoms. The van der Waals surface area contributed by atoms with Crippen LogP contribution >= 0.6 is 0 Å². The summed E-state index contributed by atoms with van der Waals surface area (Å²) >= 11 is 0. The molecule has 1 saturated heterocycles. The van der Waals surface area contributed by atoms with Crippen LogP contribution in [0.2, 0.25) is 0 Å². The average molecular weight is 301 g/mol. The normalized spacial score (nSPS) is 18.6. The van der Waals surface area contributed by atoms with Crippen molar-refractivity contribution in [3.05, 3.63) is 12.4 Å². The molecule has 1 aliphatic heterocycles. The van der Waals surface area contributed by atoms with Gasteiger partial charge in [0.15, 0.2) is 0 Å².